The van der Waals surface area contributed by atoms with E-state index >= 15 is 0 Å². The van der Waals surface area contributed by atoms with Crippen LogP contribution in [0.3, 0.4) is 0 Å². The van der Waals surface area contributed by atoms with Crippen LogP contribution in [-0.4, -0.2) is 32.7 Å². The van der Waals surface area contributed by atoms with Crippen molar-refractivity contribution in [3.8, 4) is 0 Å². The summed E-state index contributed by atoms with van der Waals surface area (Å²) in [7, 11) is 1.71. The second kappa shape index (κ2) is 7.14. The van der Waals surface area contributed by atoms with Gasteiger partial charge in [0.25, 0.3) is 0 Å². The Morgan fingerprint density at radius 2 is 1.88 bits per heavy atom. The second-order valence-corrected chi connectivity index (χ2v) is 5.01. The van der Waals surface area contributed by atoms with Crippen molar-refractivity contribution in [2.45, 2.75) is 39.6 Å². The number of rotatable bonds is 6. The van der Waals surface area contributed by atoms with E-state index < -0.39 is 0 Å². The monoisotopic (exact) mass is 242 g/mol. The third-order valence-electron chi connectivity index (χ3n) is 3.96. The highest BCUT2D eigenvalue weighted by Gasteiger charge is 2.39. The molecule has 17 heavy (non-hydrogen) atoms. The Bertz CT molecular complexity index is 228. The molecule has 0 aromatic heterocycles. The summed E-state index contributed by atoms with van der Waals surface area (Å²) in [6.45, 7) is 11.7. The van der Waals surface area contributed by atoms with Gasteiger partial charge in [-0.15, -0.1) is 6.58 Å². The maximum Gasteiger partial charge on any atom is 0.160 e. The molecule has 0 aromatic rings. The molecule has 1 aliphatic rings. The number of ether oxygens (including phenoxy) is 3. The van der Waals surface area contributed by atoms with Gasteiger partial charge < -0.3 is 14.2 Å². The van der Waals surface area contributed by atoms with Crippen molar-refractivity contribution in [2.75, 3.05) is 20.3 Å². The van der Waals surface area contributed by atoms with Gasteiger partial charge in [0.2, 0.25) is 0 Å². The minimum absolute atomic E-state index is 0.103. The van der Waals surface area contributed by atoms with Gasteiger partial charge in [0, 0.05) is 13.0 Å². The van der Waals surface area contributed by atoms with E-state index in [1.54, 1.807) is 7.11 Å². The van der Waals surface area contributed by atoms with Gasteiger partial charge in [0.15, 0.2) is 6.29 Å². The van der Waals surface area contributed by atoms with E-state index in [-0.39, 0.29) is 12.4 Å². The van der Waals surface area contributed by atoms with E-state index in [2.05, 4.69) is 27.4 Å². The van der Waals surface area contributed by atoms with Crippen LogP contribution in [0, 0.1) is 17.8 Å². The van der Waals surface area contributed by atoms with E-state index in [4.69, 9.17) is 14.2 Å². The van der Waals surface area contributed by atoms with Crippen LogP contribution < -0.4 is 0 Å². The van der Waals surface area contributed by atoms with E-state index in [9.17, 15) is 0 Å². The molecule has 3 heteroatoms. The first kappa shape index (κ1) is 14.7. The highest BCUT2D eigenvalue weighted by Crippen LogP contribution is 2.35. The minimum Gasteiger partial charge on any atom is -0.378 e. The zero-order valence-corrected chi connectivity index (χ0v) is 11.5. The molecular weight excluding hydrogens is 216 g/mol. The van der Waals surface area contributed by atoms with Gasteiger partial charge in [-0.25, -0.2) is 0 Å². The summed E-state index contributed by atoms with van der Waals surface area (Å²) in [5, 5.41) is 0. The lowest BCUT2D eigenvalue weighted by Gasteiger charge is -2.42. The maximum absolute atomic E-state index is 5.94. The third-order valence-corrected chi connectivity index (χ3v) is 3.96. The summed E-state index contributed by atoms with van der Waals surface area (Å²) >= 11 is 0. The molecular formula is C14H26O3. The highest BCUT2D eigenvalue weighted by atomic mass is 16.7. The second-order valence-electron chi connectivity index (χ2n) is 5.01. The van der Waals surface area contributed by atoms with Crippen LogP contribution in [-0.2, 0) is 14.2 Å². The molecule has 0 N–H and O–H groups in total. The van der Waals surface area contributed by atoms with E-state index in [1.165, 1.54) is 0 Å². The fourth-order valence-corrected chi connectivity index (χ4v) is 2.31. The van der Waals surface area contributed by atoms with Crippen LogP contribution in [0.15, 0.2) is 12.7 Å². The van der Waals surface area contributed by atoms with Gasteiger partial charge in [-0.05, 0) is 18.3 Å². The van der Waals surface area contributed by atoms with Crippen LogP contribution in [0.5, 0.6) is 0 Å². The standard InChI is InChI=1S/C14H26O3/c1-6-7-8-16-9-13-11(3)10(2)12(4)14(15-5)17-13/h6,10-14H,1,7-9H2,2-5H3/t10-,11+,12?,13?,14-/m0/s1. The lowest BCUT2D eigenvalue weighted by molar-refractivity contribution is -0.247. The molecule has 0 amide bonds. The van der Waals surface area contributed by atoms with Crippen molar-refractivity contribution in [1.82, 2.24) is 0 Å². The van der Waals surface area contributed by atoms with Gasteiger partial charge >= 0.3 is 0 Å². The highest BCUT2D eigenvalue weighted by molar-refractivity contribution is 4.82. The Hall–Kier alpha value is -0.380. The number of hydrogen-bond donors (Lipinski definition) is 0. The average molecular weight is 242 g/mol. The third kappa shape index (κ3) is 3.80. The summed E-state index contributed by atoms with van der Waals surface area (Å²) in [4.78, 5) is 0. The molecule has 2 unspecified atom stereocenters. The fourth-order valence-electron chi connectivity index (χ4n) is 2.31. The Morgan fingerprint density at radius 1 is 1.18 bits per heavy atom. The largest absolute Gasteiger partial charge is 0.378 e. The summed E-state index contributed by atoms with van der Waals surface area (Å²) < 4.78 is 16.9. The molecule has 0 radical (unpaired) electrons. The summed E-state index contributed by atoms with van der Waals surface area (Å²) in [5.41, 5.74) is 0. The predicted octanol–water partition coefficient (Wildman–Crippen LogP) is 2.86. The fraction of sp³-hybridized carbons (Fsp3) is 0.857. The van der Waals surface area contributed by atoms with Gasteiger partial charge in [0.1, 0.15) is 0 Å². The molecule has 1 fully saturated rings. The van der Waals surface area contributed by atoms with Crippen LogP contribution >= 0.6 is 0 Å². The maximum atomic E-state index is 5.94. The van der Waals surface area contributed by atoms with Crippen LogP contribution in [0.1, 0.15) is 27.2 Å². The van der Waals surface area contributed by atoms with Crippen LogP contribution in [0.2, 0.25) is 0 Å². The van der Waals surface area contributed by atoms with Crippen molar-refractivity contribution in [2.24, 2.45) is 17.8 Å². The van der Waals surface area contributed by atoms with Crippen molar-refractivity contribution >= 4 is 0 Å². The van der Waals surface area contributed by atoms with Gasteiger partial charge in [-0.2, -0.15) is 0 Å². The van der Waals surface area contributed by atoms with Gasteiger partial charge in [-0.1, -0.05) is 26.8 Å². The zero-order valence-electron chi connectivity index (χ0n) is 11.5. The molecule has 0 saturated carbocycles. The molecule has 0 spiro atoms. The average Bonchev–Trinajstić information content (AvgIpc) is 2.34. The van der Waals surface area contributed by atoms with Crippen molar-refractivity contribution in [3.63, 3.8) is 0 Å². The first-order chi connectivity index (χ1) is 8.11. The molecule has 5 atom stereocenters. The minimum atomic E-state index is -0.103. The quantitative estimate of drug-likeness (QED) is 0.529. The Labute approximate surface area is 105 Å². The summed E-state index contributed by atoms with van der Waals surface area (Å²) in [6.07, 6.45) is 2.79. The number of hydrogen-bond acceptors (Lipinski definition) is 3. The number of methoxy groups -OCH3 is 1. The molecule has 0 aliphatic carbocycles. The molecule has 1 aliphatic heterocycles. The van der Waals surface area contributed by atoms with E-state index in [0.29, 0.717) is 24.4 Å². The molecule has 1 rings (SSSR count). The molecule has 0 aromatic carbocycles. The molecule has 0 bridgehead atoms. The van der Waals surface area contributed by atoms with Crippen molar-refractivity contribution in [1.29, 1.82) is 0 Å². The molecule has 3 nitrogen and oxygen atoms in total. The van der Waals surface area contributed by atoms with Gasteiger partial charge in [0.05, 0.1) is 19.3 Å². The Morgan fingerprint density at radius 3 is 2.47 bits per heavy atom. The van der Waals surface area contributed by atoms with Crippen LogP contribution in [0.4, 0.5) is 0 Å². The first-order valence-electron chi connectivity index (χ1n) is 6.48. The van der Waals surface area contributed by atoms with E-state index in [1.807, 2.05) is 6.08 Å². The SMILES string of the molecule is C=CCCOCC1O[C@H](OC)C(C)[C@@H](C)[C@H]1C. The molecule has 1 heterocycles. The Balaban J connectivity index is 2.44. The smallest absolute Gasteiger partial charge is 0.160 e. The van der Waals surface area contributed by atoms with Crippen molar-refractivity contribution < 1.29 is 14.2 Å². The summed E-state index contributed by atoms with van der Waals surface area (Å²) in [5.74, 6) is 1.52. The normalized spacial score (nSPS) is 38.0. The van der Waals surface area contributed by atoms with Crippen LogP contribution in [0.25, 0.3) is 0 Å². The lowest BCUT2D eigenvalue weighted by Crippen LogP contribution is -2.47. The topological polar surface area (TPSA) is 27.7 Å². The van der Waals surface area contributed by atoms with Gasteiger partial charge in [-0.3, -0.25) is 0 Å². The molecule has 1 saturated heterocycles. The lowest BCUT2D eigenvalue weighted by atomic mass is 9.79. The zero-order chi connectivity index (χ0) is 12.8. The van der Waals surface area contributed by atoms with E-state index in [0.717, 1.165) is 13.0 Å². The van der Waals surface area contributed by atoms with Crippen molar-refractivity contribution in [3.05, 3.63) is 12.7 Å². The Kier molecular flexibility index (Phi) is 6.17. The summed E-state index contributed by atoms with van der Waals surface area (Å²) in [6, 6.07) is 0. The predicted molar refractivity (Wildman–Crippen MR) is 68.8 cm³/mol. The first-order valence-corrected chi connectivity index (χ1v) is 6.48. The molecule has 100 valence electrons.